The molecule has 2 aromatic carbocycles. The first-order valence-electron chi connectivity index (χ1n) is 5.63. The van der Waals surface area contributed by atoms with Crippen LogP contribution in [0.4, 0.5) is 20.2 Å². The Bertz CT molecular complexity index is 535. The van der Waals surface area contributed by atoms with Crippen molar-refractivity contribution >= 4 is 11.4 Å². The molecule has 0 saturated heterocycles. The van der Waals surface area contributed by atoms with Crippen LogP contribution < -0.4 is 11.1 Å². The number of rotatable bonds is 3. The molecule has 0 aliphatic heterocycles. The highest BCUT2D eigenvalue weighted by atomic mass is 19.1. The first-order chi connectivity index (χ1) is 8.56. The number of nitrogen functional groups attached to an aromatic ring is 1. The first-order valence-corrected chi connectivity index (χ1v) is 5.63. The molecular weight excluding hydrogens is 234 g/mol. The predicted octanol–water partition coefficient (Wildman–Crippen LogP) is 3.72. The summed E-state index contributed by atoms with van der Waals surface area (Å²) in [6.45, 7) is 1.81. The van der Waals surface area contributed by atoms with E-state index in [0.717, 1.165) is 0 Å². The highest BCUT2D eigenvalue weighted by Crippen LogP contribution is 2.23. The van der Waals surface area contributed by atoms with Crippen LogP contribution in [-0.4, -0.2) is 0 Å². The SMILES string of the molecule is CC(Nc1cc(N)cc(F)c1)c1ccccc1F. The van der Waals surface area contributed by atoms with E-state index >= 15 is 0 Å². The van der Waals surface area contributed by atoms with E-state index in [4.69, 9.17) is 5.73 Å². The lowest BCUT2D eigenvalue weighted by Gasteiger charge is -2.16. The zero-order valence-corrected chi connectivity index (χ0v) is 9.95. The van der Waals surface area contributed by atoms with Crippen molar-refractivity contribution in [3.63, 3.8) is 0 Å². The molecular formula is C14H14F2N2. The lowest BCUT2D eigenvalue weighted by molar-refractivity contribution is 0.600. The highest BCUT2D eigenvalue weighted by Gasteiger charge is 2.10. The van der Waals surface area contributed by atoms with E-state index in [1.807, 2.05) is 0 Å². The fraction of sp³-hybridized carbons (Fsp3) is 0.143. The Morgan fingerprint density at radius 1 is 1.11 bits per heavy atom. The summed E-state index contributed by atoms with van der Waals surface area (Å²) in [4.78, 5) is 0. The second kappa shape index (κ2) is 5.04. The van der Waals surface area contributed by atoms with E-state index in [2.05, 4.69) is 5.32 Å². The van der Waals surface area contributed by atoms with Gasteiger partial charge in [-0.15, -0.1) is 0 Å². The topological polar surface area (TPSA) is 38.0 Å². The second-order valence-corrected chi connectivity index (χ2v) is 4.16. The van der Waals surface area contributed by atoms with Crippen LogP contribution >= 0.6 is 0 Å². The van der Waals surface area contributed by atoms with E-state index < -0.39 is 5.82 Å². The molecule has 0 bridgehead atoms. The quantitative estimate of drug-likeness (QED) is 0.812. The molecule has 0 radical (unpaired) electrons. The average molecular weight is 248 g/mol. The largest absolute Gasteiger partial charge is 0.399 e. The minimum atomic E-state index is -0.418. The molecule has 2 rings (SSSR count). The number of nitrogens with two attached hydrogens (primary N) is 1. The summed E-state index contributed by atoms with van der Waals surface area (Å²) in [5.74, 6) is -0.708. The van der Waals surface area contributed by atoms with Gasteiger partial charge in [0, 0.05) is 16.9 Å². The summed E-state index contributed by atoms with van der Waals surface area (Å²) in [7, 11) is 0. The van der Waals surface area contributed by atoms with Gasteiger partial charge >= 0.3 is 0 Å². The van der Waals surface area contributed by atoms with Gasteiger partial charge in [0.1, 0.15) is 11.6 Å². The van der Waals surface area contributed by atoms with Crippen molar-refractivity contribution < 1.29 is 8.78 Å². The molecule has 2 aromatic rings. The molecule has 1 atom stereocenters. The number of benzene rings is 2. The molecule has 0 aliphatic carbocycles. The predicted molar refractivity (Wildman–Crippen MR) is 69.3 cm³/mol. The van der Waals surface area contributed by atoms with Crippen LogP contribution in [0.15, 0.2) is 42.5 Å². The van der Waals surface area contributed by atoms with E-state index in [-0.39, 0.29) is 11.9 Å². The highest BCUT2D eigenvalue weighted by molar-refractivity contribution is 5.55. The molecule has 3 N–H and O–H groups in total. The van der Waals surface area contributed by atoms with Gasteiger partial charge in [-0.05, 0) is 31.2 Å². The van der Waals surface area contributed by atoms with Crippen molar-refractivity contribution in [2.75, 3.05) is 11.1 Å². The van der Waals surface area contributed by atoms with Gasteiger partial charge in [0.05, 0.1) is 6.04 Å². The molecule has 0 aromatic heterocycles. The Labute approximate surface area is 104 Å². The maximum absolute atomic E-state index is 13.6. The number of nitrogens with one attached hydrogen (secondary N) is 1. The van der Waals surface area contributed by atoms with E-state index in [0.29, 0.717) is 16.9 Å². The first kappa shape index (κ1) is 12.4. The van der Waals surface area contributed by atoms with Crippen LogP contribution in [0.5, 0.6) is 0 Å². The van der Waals surface area contributed by atoms with Gasteiger partial charge in [-0.3, -0.25) is 0 Å². The van der Waals surface area contributed by atoms with Gasteiger partial charge in [0.25, 0.3) is 0 Å². The summed E-state index contributed by atoms with van der Waals surface area (Å²) in [6.07, 6.45) is 0. The van der Waals surface area contributed by atoms with Crippen molar-refractivity contribution in [1.82, 2.24) is 0 Å². The Morgan fingerprint density at radius 2 is 1.83 bits per heavy atom. The fourth-order valence-electron chi connectivity index (χ4n) is 1.85. The summed E-state index contributed by atoms with van der Waals surface area (Å²) in [6, 6.07) is 10.4. The van der Waals surface area contributed by atoms with Crippen molar-refractivity contribution in [3.05, 3.63) is 59.7 Å². The molecule has 0 fully saturated rings. The van der Waals surface area contributed by atoms with Gasteiger partial charge in [0.15, 0.2) is 0 Å². The summed E-state index contributed by atoms with van der Waals surface area (Å²) < 4.78 is 26.7. The lowest BCUT2D eigenvalue weighted by Crippen LogP contribution is -2.09. The van der Waals surface area contributed by atoms with Crippen LogP contribution in [0.25, 0.3) is 0 Å². The molecule has 0 amide bonds. The summed E-state index contributed by atoms with van der Waals surface area (Å²) >= 11 is 0. The van der Waals surface area contributed by atoms with E-state index in [1.54, 1.807) is 31.2 Å². The van der Waals surface area contributed by atoms with Crippen LogP contribution in [0.1, 0.15) is 18.5 Å². The third-order valence-electron chi connectivity index (χ3n) is 2.68. The smallest absolute Gasteiger partial charge is 0.128 e. The van der Waals surface area contributed by atoms with Gasteiger partial charge < -0.3 is 11.1 Å². The third kappa shape index (κ3) is 2.77. The normalized spacial score (nSPS) is 12.2. The van der Waals surface area contributed by atoms with Crippen LogP contribution in [-0.2, 0) is 0 Å². The molecule has 94 valence electrons. The van der Waals surface area contributed by atoms with Gasteiger partial charge in [-0.1, -0.05) is 18.2 Å². The number of anilines is 2. The summed E-state index contributed by atoms with van der Waals surface area (Å²) in [5.41, 5.74) is 6.94. The maximum atomic E-state index is 13.6. The molecule has 2 nitrogen and oxygen atoms in total. The Balaban J connectivity index is 2.21. The van der Waals surface area contributed by atoms with Crippen molar-refractivity contribution in [2.24, 2.45) is 0 Å². The van der Waals surface area contributed by atoms with Gasteiger partial charge in [-0.25, -0.2) is 8.78 Å². The van der Waals surface area contributed by atoms with Crippen LogP contribution in [0.2, 0.25) is 0 Å². The molecule has 0 aliphatic rings. The molecule has 1 unspecified atom stereocenters. The molecule has 0 spiro atoms. The summed E-state index contributed by atoms with van der Waals surface area (Å²) in [5, 5.41) is 3.02. The minimum Gasteiger partial charge on any atom is -0.399 e. The third-order valence-corrected chi connectivity index (χ3v) is 2.68. The lowest BCUT2D eigenvalue weighted by atomic mass is 10.1. The number of hydrogen-bond acceptors (Lipinski definition) is 2. The standard InChI is InChI=1S/C14H14F2N2/c1-9(13-4-2-3-5-14(13)16)18-12-7-10(15)6-11(17)8-12/h2-9,18H,17H2,1H3. The van der Waals surface area contributed by atoms with Gasteiger partial charge in [0.2, 0.25) is 0 Å². The number of halogens is 2. The molecule has 0 heterocycles. The molecule has 18 heavy (non-hydrogen) atoms. The minimum absolute atomic E-state index is 0.271. The maximum Gasteiger partial charge on any atom is 0.128 e. The Hall–Kier alpha value is -2.10. The van der Waals surface area contributed by atoms with Crippen molar-refractivity contribution in [1.29, 1.82) is 0 Å². The van der Waals surface area contributed by atoms with Crippen molar-refractivity contribution in [2.45, 2.75) is 13.0 Å². The van der Waals surface area contributed by atoms with Gasteiger partial charge in [-0.2, -0.15) is 0 Å². The van der Waals surface area contributed by atoms with Crippen LogP contribution in [0.3, 0.4) is 0 Å². The van der Waals surface area contributed by atoms with E-state index in [1.165, 1.54) is 18.2 Å². The number of hydrogen-bond donors (Lipinski definition) is 2. The Kier molecular flexibility index (Phi) is 3.46. The van der Waals surface area contributed by atoms with E-state index in [9.17, 15) is 8.78 Å². The monoisotopic (exact) mass is 248 g/mol. The zero-order chi connectivity index (χ0) is 13.1. The Morgan fingerprint density at radius 3 is 2.50 bits per heavy atom. The zero-order valence-electron chi connectivity index (χ0n) is 9.95. The fourth-order valence-corrected chi connectivity index (χ4v) is 1.85. The molecule has 0 saturated carbocycles. The molecule has 4 heteroatoms. The van der Waals surface area contributed by atoms with Crippen LogP contribution in [0, 0.1) is 11.6 Å². The average Bonchev–Trinajstić information content (AvgIpc) is 2.27. The van der Waals surface area contributed by atoms with Crippen molar-refractivity contribution in [3.8, 4) is 0 Å². The second-order valence-electron chi connectivity index (χ2n) is 4.16.